The highest BCUT2D eigenvalue weighted by Gasteiger charge is 2.29. The fraction of sp³-hybridized carbons (Fsp3) is 0.316. The lowest BCUT2D eigenvalue weighted by molar-refractivity contribution is 0.0695. The molecule has 7 heteroatoms. The van der Waals surface area contributed by atoms with Gasteiger partial charge in [-0.2, -0.15) is 4.98 Å². The van der Waals surface area contributed by atoms with Crippen molar-refractivity contribution in [2.45, 2.75) is 18.8 Å². The zero-order valence-electron chi connectivity index (χ0n) is 14.4. The lowest BCUT2D eigenvalue weighted by atomic mass is 9.97. The van der Waals surface area contributed by atoms with E-state index in [9.17, 15) is 4.79 Å². The van der Waals surface area contributed by atoms with Crippen LogP contribution < -0.4 is 4.74 Å². The second-order valence-corrected chi connectivity index (χ2v) is 7.20. The number of rotatable bonds is 4. The molecule has 3 aromatic rings. The van der Waals surface area contributed by atoms with Gasteiger partial charge in [0.15, 0.2) is 0 Å². The van der Waals surface area contributed by atoms with Crippen LogP contribution in [0.3, 0.4) is 0 Å². The van der Waals surface area contributed by atoms with Gasteiger partial charge in [0.1, 0.15) is 5.75 Å². The first-order valence-corrected chi connectivity index (χ1v) is 9.43. The molecular weight excluding hydrogens is 350 g/mol. The molecule has 1 aromatic carbocycles. The second kappa shape index (κ2) is 7.29. The van der Waals surface area contributed by atoms with E-state index < -0.39 is 0 Å². The van der Waals surface area contributed by atoms with Gasteiger partial charge >= 0.3 is 0 Å². The maximum absolute atomic E-state index is 12.8. The average molecular weight is 369 g/mol. The fourth-order valence-corrected chi connectivity index (χ4v) is 3.84. The van der Waals surface area contributed by atoms with Crippen molar-refractivity contribution in [3.8, 4) is 16.5 Å². The predicted octanol–water partition coefficient (Wildman–Crippen LogP) is 3.83. The summed E-state index contributed by atoms with van der Waals surface area (Å²) in [7, 11) is 1.61. The largest absolute Gasteiger partial charge is 0.497 e. The Kier molecular flexibility index (Phi) is 4.71. The number of thiophene rings is 1. The van der Waals surface area contributed by atoms with Gasteiger partial charge in [0.25, 0.3) is 5.91 Å². The van der Waals surface area contributed by atoms with Gasteiger partial charge in [-0.15, -0.1) is 11.3 Å². The van der Waals surface area contributed by atoms with E-state index in [-0.39, 0.29) is 11.8 Å². The van der Waals surface area contributed by atoms with Crippen molar-refractivity contribution in [1.82, 2.24) is 15.0 Å². The van der Waals surface area contributed by atoms with Gasteiger partial charge in [-0.1, -0.05) is 11.2 Å². The molecule has 1 aliphatic heterocycles. The summed E-state index contributed by atoms with van der Waals surface area (Å²) in [5.41, 5.74) is 0.663. The van der Waals surface area contributed by atoms with Gasteiger partial charge in [-0.25, -0.2) is 0 Å². The third-order valence-corrected chi connectivity index (χ3v) is 5.44. The smallest absolute Gasteiger partial charge is 0.253 e. The number of hydrogen-bond acceptors (Lipinski definition) is 6. The van der Waals surface area contributed by atoms with Gasteiger partial charge in [0, 0.05) is 18.7 Å². The lowest BCUT2D eigenvalue weighted by Gasteiger charge is -2.31. The summed E-state index contributed by atoms with van der Waals surface area (Å²) in [4.78, 5) is 20.2. The van der Waals surface area contributed by atoms with Crippen molar-refractivity contribution in [3.63, 3.8) is 0 Å². The minimum atomic E-state index is 0.0235. The third-order valence-electron chi connectivity index (χ3n) is 4.58. The molecule has 0 saturated carbocycles. The molecule has 26 heavy (non-hydrogen) atoms. The van der Waals surface area contributed by atoms with Crippen molar-refractivity contribution < 1.29 is 14.1 Å². The Morgan fingerprint density at radius 2 is 2.15 bits per heavy atom. The molecule has 134 valence electrons. The molecule has 2 aromatic heterocycles. The minimum absolute atomic E-state index is 0.0235. The molecule has 0 unspecified atom stereocenters. The van der Waals surface area contributed by atoms with Crippen LogP contribution in [-0.2, 0) is 0 Å². The summed E-state index contributed by atoms with van der Waals surface area (Å²) >= 11 is 1.58. The Labute approximate surface area is 155 Å². The summed E-state index contributed by atoms with van der Waals surface area (Å²) in [6.07, 6.45) is 1.86. The zero-order valence-corrected chi connectivity index (χ0v) is 15.2. The molecule has 1 atom stereocenters. The van der Waals surface area contributed by atoms with E-state index in [0.717, 1.165) is 30.0 Å². The Bertz CT molecular complexity index is 874. The van der Waals surface area contributed by atoms with E-state index in [1.54, 1.807) is 42.7 Å². The topological polar surface area (TPSA) is 68.5 Å². The van der Waals surface area contributed by atoms with Crippen LogP contribution in [0.2, 0.25) is 0 Å². The molecule has 0 N–H and O–H groups in total. The van der Waals surface area contributed by atoms with E-state index >= 15 is 0 Å². The maximum atomic E-state index is 12.8. The molecule has 1 fully saturated rings. The van der Waals surface area contributed by atoms with Crippen LogP contribution in [0.1, 0.15) is 35.0 Å². The number of piperidine rings is 1. The van der Waals surface area contributed by atoms with E-state index in [4.69, 9.17) is 9.26 Å². The van der Waals surface area contributed by atoms with Gasteiger partial charge < -0.3 is 14.2 Å². The molecule has 1 saturated heterocycles. The fourth-order valence-electron chi connectivity index (χ4n) is 3.19. The standard InChI is InChI=1S/C19H19N3O3S/c1-24-15-8-6-13(7-9-15)19(23)22-10-2-4-14(12-22)18-20-17(21-25-18)16-5-3-11-26-16/h3,5-9,11,14H,2,4,10,12H2,1H3/t14-/m0/s1. The van der Waals surface area contributed by atoms with Crippen LogP contribution >= 0.6 is 11.3 Å². The summed E-state index contributed by atoms with van der Waals surface area (Å²) < 4.78 is 10.6. The number of carbonyl (C=O) groups is 1. The number of carbonyl (C=O) groups excluding carboxylic acids is 1. The number of nitrogens with zero attached hydrogens (tertiary/aromatic N) is 3. The molecule has 0 radical (unpaired) electrons. The molecule has 4 rings (SSSR count). The molecular formula is C19H19N3O3S. The Morgan fingerprint density at radius 1 is 1.31 bits per heavy atom. The molecule has 0 spiro atoms. The highest BCUT2D eigenvalue weighted by atomic mass is 32.1. The first-order chi connectivity index (χ1) is 12.7. The van der Waals surface area contributed by atoms with Crippen LogP contribution in [-0.4, -0.2) is 41.1 Å². The van der Waals surface area contributed by atoms with Crippen LogP contribution in [0, 0.1) is 0 Å². The number of benzene rings is 1. The van der Waals surface area contributed by atoms with E-state index in [2.05, 4.69) is 10.1 Å². The van der Waals surface area contributed by atoms with E-state index in [0.29, 0.717) is 23.8 Å². The quantitative estimate of drug-likeness (QED) is 0.699. The van der Waals surface area contributed by atoms with Crippen LogP contribution in [0.4, 0.5) is 0 Å². The first-order valence-electron chi connectivity index (χ1n) is 8.55. The van der Waals surface area contributed by atoms with Crippen molar-refractivity contribution in [3.05, 3.63) is 53.2 Å². The number of amides is 1. The monoisotopic (exact) mass is 369 g/mol. The van der Waals surface area contributed by atoms with Crippen molar-refractivity contribution in [2.24, 2.45) is 0 Å². The summed E-state index contributed by atoms with van der Waals surface area (Å²) in [5, 5.41) is 6.08. The SMILES string of the molecule is COc1ccc(C(=O)N2CCC[C@H](c3nc(-c4cccs4)no3)C2)cc1. The van der Waals surface area contributed by atoms with Gasteiger partial charge in [0.2, 0.25) is 11.7 Å². The highest BCUT2D eigenvalue weighted by molar-refractivity contribution is 7.13. The average Bonchev–Trinajstić information content (AvgIpc) is 3.39. The molecule has 1 amide bonds. The Morgan fingerprint density at radius 3 is 2.88 bits per heavy atom. The number of methoxy groups -OCH3 is 1. The van der Waals surface area contributed by atoms with Crippen LogP contribution in [0.5, 0.6) is 5.75 Å². The van der Waals surface area contributed by atoms with Crippen molar-refractivity contribution >= 4 is 17.2 Å². The molecule has 0 aliphatic carbocycles. The third kappa shape index (κ3) is 3.35. The van der Waals surface area contributed by atoms with Gasteiger partial charge in [0.05, 0.1) is 17.9 Å². The van der Waals surface area contributed by atoms with Crippen LogP contribution in [0.25, 0.3) is 10.7 Å². The first kappa shape index (κ1) is 16.8. The maximum Gasteiger partial charge on any atom is 0.253 e. The Balaban J connectivity index is 1.47. The highest BCUT2D eigenvalue weighted by Crippen LogP contribution is 2.29. The number of aromatic nitrogens is 2. The van der Waals surface area contributed by atoms with E-state index in [1.807, 2.05) is 22.4 Å². The molecule has 1 aliphatic rings. The number of ether oxygens (including phenoxy) is 1. The predicted molar refractivity (Wildman–Crippen MR) is 98.5 cm³/mol. The van der Waals surface area contributed by atoms with Gasteiger partial charge in [-0.05, 0) is 48.6 Å². The Hall–Kier alpha value is -2.67. The number of hydrogen-bond donors (Lipinski definition) is 0. The normalized spacial score (nSPS) is 17.3. The van der Waals surface area contributed by atoms with E-state index in [1.165, 1.54) is 0 Å². The minimum Gasteiger partial charge on any atom is -0.497 e. The summed E-state index contributed by atoms with van der Waals surface area (Å²) in [6.45, 7) is 1.34. The summed E-state index contributed by atoms with van der Waals surface area (Å²) in [6, 6.07) is 11.1. The second-order valence-electron chi connectivity index (χ2n) is 6.25. The molecule has 3 heterocycles. The summed E-state index contributed by atoms with van der Waals surface area (Å²) in [5.74, 6) is 2.07. The number of likely N-dealkylation sites (tertiary alicyclic amines) is 1. The molecule has 0 bridgehead atoms. The van der Waals surface area contributed by atoms with Crippen LogP contribution in [0.15, 0.2) is 46.3 Å². The van der Waals surface area contributed by atoms with Crippen molar-refractivity contribution in [2.75, 3.05) is 20.2 Å². The lowest BCUT2D eigenvalue weighted by Crippen LogP contribution is -2.39. The zero-order chi connectivity index (χ0) is 17.9. The van der Waals surface area contributed by atoms with Crippen molar-refractivity contribution in [1.29, 1.82) is 0 Å². The van der Waals surface area contributed by atoms with Gasteiger partial charge in [-0.3, -0.25) is 4.79 Å². The molecule has 6 nitrogen and oxygen atoms in total.